The van der Waals surface area contributed by atoms with Gasteiger partial charge in [-0.15, -0.1) is 0 Å². The average Bonchev–Trinajstić information content (AvgIpc) is 2.99. The molecule has 2 fully saturated rings. The van der Waals surface area contributed by atoms with Crippen LogP contribution in [0.1, 0.15) is 0 Å². The van der Waals surface area contributed by atoms with Crippen LogP contribution in [0.4, 0.5) is 0 Å². The van der Waals surface area contributed by atoms with Crippen LogP contribution < -0.4 is 0 Å². The minimum Gasteiger partial charge on any atom is -0.452 e. The Kier molecular flexibility index (Phi) is 5.30. The molecule has 2 aliphatic rings. The number of fused-ring (bicyclic) bond motifs is 2. The number of esters is 3. The normalized spacial score (nSPS) is 31.6. The molecular weight excluding hydrogens is 308 g/mol. The zero-order valence-electron chi connectivity index (χ0n) is 12.2. The Balaban J connectivity index is 2.28. The van der Waals surface area contributed by atoms with Crippen LogP contribution >= 0.6 is 0 Å². The van der Waals surface area contributed by atoms with Crippen molar-refractivity contribution in [3.05, 3.63) is 38.0 Å². The fourth-order valence-electron chi connectivity index (χ4n) is 2.28. The molecule has 2 aliphatic heterocycles. The molecule has 0 aromatic carbocycles. The van der Waals surface area contributed by atoms with Crippen molar-refractivity contribution in [1.82, 2.24) is 0 Å². The highest BCUT2D eigenvalue weighted by Gasteiger charge is 2.56. The van der Waals surface area contributed by atoms with E-state index in [1.54, 1.807) is 0 Å². The summed E-state index contributed by atoms with van der Waals surface area (Å²) in [6.07, 6.45) is -2.01. The topological polar surface area (TPSA) is 97.4 Å². The first-order valence-corrected chi connectivity index (χ1v) is 6.76. The fraction of sp³-hybridized carbons (Fsp3) is 0.400. The number of hydrogen-bond donors (Lipinski definition) is 0. The summed E-state index contributed by atoms with van der Waals surface area (Å²) < 4.78 is 26.4. The Labute approximate surface area is 132 Å². The minimum atomic E-state index is -1.12. The van der Waals surface area contributed by atoms with E-state index in [9.17, 15) is 14.4 Å². The summed E-state index contributed by atoms with van der Waals surface area (Å²) in [4.78, 5) is 34.6. The van der Waals surface area contributed by atoms with Crippen molar-refractivity contribution in [3.63, 3.8) is 0 Å². The molecule has 0 aromatic rings. The molecule has 0 saturated carbocycles. The van der Waals surface area contributed by atoms with Gasteiger partial charge in [-0.05, 0) is 0 Å². The summed E-state index contributed by atoms with van der Waals surface area (Å²) >= 11 is 0. The molecular formula is C15H16O8. The van der Waals surface area contributed by atoms with E-state index in [1.165, 1.54) is 0 Å². The van der Waals surface area contributed by atoms with E-state index < -0.39 is 48.6 Å². The molecule has 8 nitrogen and oxygen atoms in total. The van der Waals surface area contributed by atoms with Gasteiger partial charge in [0.25, 0.3) is 0 Å². The predicted octanol–water partition coefficient (Wildman–Crippen LogP) is 0.0349. The molecule has 2 saturated heterocycles. The highest BCUT2D eigenvalue weighted by Crippen LogP contribution is 2.34. The average molecular weight is 324 g/mol. The van der Waals surface area contributed by atoms with Crippen LogP contribution in [0, 0.1) is 0 Å². The second-order valence-electron chi connectivity index (χ2n) is 4.69. The van der Waals surface area contributed by atoms with E-state index in [4.69, 9.17) is 23.7 Å². The molecule has 0 spiro atoms. The van der Waals surface area contributed by atoms with E-state index in [1.807, 2.05) is 0 Å². The van der Waals surface area contributed by atoms with Crippen molar-refractivity contribution < 1.29 is 38.1 Å². The molecule has 0 aliphatic carbocycles. The molecule has 2 rings (SSSR count). The van der Waals surface area contributed by atoms with E-state index in [0.717, 1.165) is 18.2 Å². The SMILES string of the molecule is C=CC(=O)OC1C2COC(O2)C(OC(=O)C=C)C1OC(=O)C=C. The summed E-state index contributed by atoms with van der Waals surface area (Å²) in [5.41, 5.74) is 0. The van der Waals surface area contributed by atoms with Crippen molar-refractivity contribution in [3.8, 4) is 0 Å². The Hall–Kier alpha value is -2.45. The number of hydrogen-bond acceptors (Lipinski definition) is 8. The van der Waals surface area contributed by atoms with Crippen molar-refractivity contribution in [1.29, 1.82) is 0 Å². The Morgan fingerprint density at radius 2 is 1.30 bits per heavy atom. The van der Waals surface area contributed by atoms with Gasteiger partial charge < -0.3 is 23.7 Å². The molecule has 124 valence electrons. The maximum absolute atomic E-state index is 11.6. The molecule has 2 heterocycles. The quantitative estimate of drug-likeness (QED) is 0.384. The molecule has 5 unspecified atom stereocenters. The zero-order valence-corrected chi connectivity index (χ0v) is 12.2. The zero-order chi connectivity index (χ0) is 17.0. The van der Waals surface area contributed by atoms with Gasteiger partial charge in [0.15, 0.2) is 24.6 Å². The van der Waals surface area contributed by atoms with Gasteiger partial charge in [0, 0.05) is 18.2 Å². The summed E-state index contributed by atoms with van der Waals surface area (Å²) in [7, 11) is 0. The smallest absolute Gasteiger partial charge is 0.330 e. The Morgan fingerprint density at radius 3 is 1.83 bits per heavy atom. The molecule has 0 amide bonds. The van der Waals surface area contributed by atoms with E-state index in [0.29, 0.717) is 0 Å². The van der Waals surface area contributed by atoms with Gasteiger partial charge in [-0.3, -0.25) is 0 Å². The lowest BCUT2D eigenvalue weighted by atomic mass is 10.00. The first kappa shape index (κ1) is 16.9. The van der Waals surface area contributed by atoms with Crippen LogP contribution in [0.3, 0.4) is 0 Å². The van der Waals surface area contributed by atoms with Crippen molar-refractivity contribution in [2.75, 3.05) is 6.61 Å². The minimum absolute atomic E-state index is 0.0873. The number of carbonyl (C=O) groups is 3. The van der Waals surface area contributed by atoms with Gasteiger partial charge in [-0.1, -0.05) is 19.7 Å². The number of ether oxygens (including phenoxy) is 5. The van der Waals surface area contributed by atoms with Gasteiger partial charge in [0.2, 0.25) is 0 Å². The van der Waals surface area contributed by atoms with E-state index in [2.05, 4.69) is 19.7 Å². The highest BCUT2D eigenvalue weighted by molar-refractivity contribution is 5.83. The Bertz CT molecular complexity index is 504. The summed E-state index contributed by atoms with van der Waals surface area (Å²) in [5.74, 6) is -2.27. The molecule has 23 heavy (non-hydrogen) atoms. The van der Waals surface area contributed by atoms with Crippen molar-refractivity contribution in [2.45, 2.75) is 30.7 Å². The van der Waals surface area contributed by atoms with Crippen LogP contribution in [0.5, 0.6) is 0 Å². The maximum atomic E-state index is 11.6. The third kappa shape index (κ3) is 3.66. The lowest BCUT2D eigenvalue weighted by molar-refractivity contribution is -0.248. The van der Waals surface area contributed by atoms with Gasteiger partial charge in [0.05, 0.1) is 6.61 Å². The first-order chi connectivity index (χ1) is 11.0. The second-order valence-corrected chi connectivity index (χ2v) is 4.69. The summed E-state index contributed by atoms with van der Waals surface area (Å²) in [6, 6.07) is 0. The van der Waals surface area contributed by atoms with Gasteiger partial charge in [-0.2, -0.15) is 0 Å². The lowest BCUT2D eigenvalue weighted by Crippen LogP contribution is -2.58. The highest BCUT2D eigenvalue weighted by atomic mass is 16.8. The number of rotatable bonds is 6. The molecule has 0 N–H and O–H groups in total. The third-order valence-electron chi connectivity index (χ3n) is 3.27. The van der Waals surface area contributed by atoms with Crippen LogP contribution in [-0.4, -0.2) is 55.2 Å². The summed E-state index contributed by atoms with van der Waals surface area (Å²) in [6.45, 7) is 9.98. The number of carbonyl (C=O) groups excluding carboxylic acids is 3. The van der Waals surface area contributed by atoms with Gasteiger partial charge in [0.1, 0.15) is 6.10 Å². The van der Waals surface area contributed by atoms with Gasteiger partial charge >= 0.3 is 17.9 Å². The molecule has 8 heteroatoms. The molecule has 0 aromatic heterocycles. The summed E-state index contributed by atoms with van der Waals surface area (Å²) in [5, 5.41) is 0. The van der Waals surface area contributed by atoms with Crippen molar-refractivity contribution >= 4 is 17.9 Å². The molecule has 5 atom stereocenters. The molecule has 0 radical (unpaired) electrons. The van der Waals surface area contributed by atoms with Gasteiger partial charge in [-0.25, -0.2) is 14.4 Å². The largest absolute Gasteiger partial charge is 0.452 e. The molecule has 2 bridgehead atoms. The van der Waals surface area contributed by atoms with Crippen LogP contribution in [-0.2, 0) is 38.1 Å². The predicted molar refractivity (Wildman–Crippen MR) is 74.8 cm³/mol. The second kappa shape index (κ2) is 7.21. The standard InChI is InChI=1S/C15H16O8/c1-4-9(16)21-12-8-7-19-15(20-8)14(23-11(18)6-3)13(12)22-10(17)5-2/h4-6,8,12-15H,1-3,7H2. The lowest BCUT2D eigenvalue weighted by Gasteiger charge is -2.38. The van der Waals surface area contributed by atoms with Crippen LogP contribution in [0.15, 0.2) is 38.0 Å². The fourth-order valence-corrected chi connectivity index (χ4v) is 2.28. The monoisotopic (exact) mass is 324 g/mol. The van der Waals surface area contributed by atoms with E-state index in [-0.39, 0.29) is 6.61 Å². The van der Waals surface area contributed by atoms with Crippen LogP contribution in [0.25, 0.3) is 0 Å². The Morgan fingerprint density at radius 1 is 0.826 bits per heavy atom. The first-order valence-electron chi connectivity index (χ1n) is 6.76. The van der Waals surface area contributed by atoms with Crippen molar-refractivity contribution in [2.24, 2.45) is 0 Å². The maximum Gasteiger partial charge on any atom is 0.330 e. The third-order valence-corrected chi connectivity index (χ3v) is 3.27. The van der Waals surface area contributed by atoms with Crippen LogP contribution in [0.2, 0.25) is 0 Å². The van der Waals surface area contributed by atoms with E-state index >= 15 is 0 Å².